The van der Waals surface area contributed by atoms with Gasteiger partial charge in [0.25, 0.3) is 0 Å². The van der Waals surface area contributed by atoms with E-state index in [9.17, 15) is 4.79 Å². The van der Waals surface area contributed by atoms with Gasteiger partial charge in [0.05, 0.1) is 0 Å². The van der Waals surface area contributed by atoms with Crippen LogP contribution in [-0.2, 0) is 9.53 Å². The minimum Gasteiger partial charge on any atom is -0.458 e. The molecule has 1 unspecified atom stereocenters. The molecule has 0 radical (unpaired) electrons. The van der Waals surface area contributed by atoms with Crippen LogP contribution in [0.15, 0.2) is 24.8 Å². The predicted molar refractivity (Wildman–Crippen MR) is 45.2 cm³/mol. The fraction of sp³-hybridized carbons (Fsp3) is 0.444. The van der Waals surface area contributed by atoms with Gasteiger partial charge in [0, 0.05) is 13.3 Å². The number of hydrogen-bond acceptors (Lipinski definition) is 2. The molecule has 11 heavy (non-hydrogen) atoms. The van der Waals surface area contributed by atoms with E-state index in [2.05, 4.69) is 6.58 Å². The van der Waals surface area contributed by atoms with Crippen molar-refractivity contribution in [3.05, 3.63) is 24.8 Å². The first-order chi connectivity index (χ1) is 5.20. The molecule has 0 aliphatic rings. The number of esters is 1. The van der Waals surface area contributed by atoms with Crippen LogP contribution < -0.4 is 0 Å². The smallest absolute Gasteiger partial charge is 0.303 e. The van der Waals surface area contributed by atoms with Crippen LogP contribution in [0, 0.1) is 0 Å². The Morgan fingerprint density at radius 1 is 1.73 bits per heavy atom. The highest BCUT2D eigenvalue weighted by Crippen LogP contribution is 2.01. The molecule has 62 valence electrons. The largest absolute Gasteiger partial charge is 0.458 e. The molecular weight excluding hydrogens is 140 g/mol. The van der Waals surface area contributed by atoms with Crippen molar-refractivity contribution >= 4 is 5.97 Å². The van der Waals surface area contributed by atoms with Crippen molar-refractivity contribution in [1.82, 2.24) is 0 Å². The Hall–Kier alpha value is -1.05. The number of carbonyl (C=O) groups excluding carboxylic acids is 1. The molecule has 0 saturated carbocycles. The van der Waals surface area contributed by atoms with E-state index >= 15 is 0 Å². The van der Waals surface area contributed by atoms with Crippen molar-refractivity contribution in [3.8, 4) is 0 Å². The lowest BCUT2D eigenvalue weighted by molar-refractivity contribution is -0.143. The molecule has 0 saturated heterocycles. The molecule has 0 bridgehead atoms. The molecule has 0 rings (SSSR count). The first-order valence-corrected chi connectivity index (χ1v) is 3.61. The molecule has 0 aromatic carbocycles. The molecule has 0 N–H and O–H groups in total. The highest BCUT2D eigenvalue weighted by Gasteiger charge is 2.03. The minimum absolute atomic E-state index is 0.144. The second-order valence-electron chi connectivity index (χ2n) is 2.20. The number of hydrogen-bond donors (Lipinski definition) is 0. The summed E-state index contributed by atoms with van der Waals surface area (Å²) in [5.74, 6) is -0.255. The fourth-order valence-corrected chi connectivity index (χ4v) is 0.758. The molecule has 0 fully saturated rings. The van der Waals surface area contributed by atoms with Crippen molar-refractivity contribution in [2.24, 2.45) is 0 Å². The van der Waals surface area contributed by atoms with Gasteiger partial charge >= 0.3 is 5.97 Å². The van der Waals surface area contributed by atoms with Gasteiger partial charge in [-0.05, 0) is 13.0 Å². The first-order valence-electron chi connectivity index (χ1n) is 3.61. The van der Waals surface area contributed by atoms with E-state index < -0.39 is 0 Å². The third-order valence-electron chi connectivity index (χ3n) is 1.12. The molecule has 0 spiro atoms. The topological polar surface area (TPSA) is 26.3 Å². The Kier molecular flexibility index (Phi) is 5.17. The molecule has 0 aliphatic carbocycles. The number of allylic oxidation sites excluding steroid dienone is 1. The summed E-state index contributed by atoms with van der Waals surface area (Å²) in [5.41, 5.74) is 0. The zero-order valence-corrected chi connectivity index (χ0v) is 7.04. The standard InChI is InChI=1S/C9H14O2/c1-4-6-9(7-5-2)11-8(3)10/h4-5,7,9H,1,6H2,2-3H3/b7-5+. The molecule has 0 aliphatic heterocycles. The maximum atomic E-state index is 10.5. The third-order valence-corrected chi connectivity index (χ3v) is 1.12. The second kappa shape index (κ2) is 5.71. The highest BCUT2D eigenvalue weighted by molar-refractivity contribution is 5.66. The van der Waals surface area contributed by atoms with E-state index in [-0.39, 0.29) is 12.1 Å². The van der Waals surface area contributed by atoms with Crippen LogP contribution in [0.4, 0.5) is 0 Å². The third kappa shape index (κ3) is 5.40. The van der Waals surface area contributed by atoms with Crippen molar-refractivity contribution < 1.29 is 9.53 Å². The predicted octanol–water partition coefficient (Wildman–Crippen LogP) is 2.07. The van der Waals surface area contributed by atoms with Crippen LogP contribution in [0.1, 0.15) is 20.3 Å². The van der Waals surface area contributed by atoms with E-state index in [0.29, 0.717) is 6.42 Å². The summed E-state index contributed by atoms with van der Waals surface area (Å²) < 4.78 is 4.93. The summed E-state index contributed by atoms with van der Waals surface area (Å²) in [6.45, 7) is 6.86. The molecule has 0 aromatic rings. The van der Waals surface area contributed by atoms with Gasteiger partial charge in [0.2, 0.25) is 0 Å². The van der Waals surface area contributed by atoms with Crippen molar-refractivity contribution in [1.29, 1.82) is 0 Å². The van der Waals surface area contributed by atoms with E-state index in [0.717, 1.165) is 0 Å². The van der Waals surface area contributed by atoms with Gasteiger partial charge in [0.1, 0.15) is 6.10 Å². The van der Waals surface area contributed by atoms with Crippen LogP contribution in [-0.4, -0.2) is 12.1 Å². The SMILES string of the molecule is C=CCC(/C=C/C)OC(C)=O. The van der Waals surface area contributed by atoms with Gasteiger partial charge in [-0.25, -0.2) is 0 Å². The molecule has 2 heteroatoms. The van der Waals surface area contributed by atoms with Crippen molar-refractivity contribution in [3.63, 3.8) is 0 Å². The zero-order valence-electron chi connectivity index (χ0n) is 7.04. The quantitative estimate of drug-likeness (QED) is 0.457. The van der Waals surface area contributed by atoms with Gasteiger partial charge in [-0.15, -0.1) is 6.58 Å². The van der Waals surface area contributed by atoms with Gasteiger partial charge in [0.15, 0.2) is 0 Å². The maximum absolute atomic E-state index is 10.5. The monoisotopic (exact) mass is 154 g/mol. The summed E-state index contributed by atoms with van der Waals surface area (Å²) in [5, 5.41) is 0. The van der Waals surface area contributed by atoms with Gasteiger partial charge in [-0.2, -0.15) is 0 Å². The fourth-order valence-electron chi connectivity index (χ4n) is 0.758. The Labute approximate surface area is 67.6 Å². The van der Waals surface area contributed by atoms with Gasteiger partial charge in [-0.1, -0.05) is 12.2 Å². The molecular formula is C9H14O2. The normalized spacial score (nSPS) is 12.9. The van der Waals surface area contributed by atoms with Gasteiger partial charge < -0.3 is 4.74 Å². The Morgan fingerprint density at radius 2 is 2.36 bits per heavy atom. The molecule has 1 atom stereocenters. The number of ether oxygens (including phenoxy) is 1. The maximum Gasteiger partial charge on any atom is 0.303 e. The lowest BCUT2D eigenvalue weighted by atomic mass is 10.2. The average molecular weight is 154 g/mol. The highest BCUT2D eigenvalue weighted by atomic mass is 16.5. The van der Waals surface area contributed by atoms with Crippen LogP contribution in [0.25, 0.3) is 0 Å². The molecule has 0 aromatic heterocycles. The lowest BCUT2D eigenvalue weighted by Crippen LogP contribution is -2.12. The van der Waals surface area contributed by atoms with Crippen molar-refractivity contribution in [2.45, 2.75) is 26.4 Å². The molecule has 0 amide bonds. The first kappa shape index (κ1) is 9.95. The number of carbonyl (C=O) groups is 1. The van der Waals surface area contributed by atoms with Crippen LogP contribution >= 0.6 is 0 Å². The summed E-state index contributed by atoms with van der Waals surface area (Å²) in [6, 6.07) is 0. The Morgan fingerprint density at radius 3 is 2.73 bits per heavy atom. The molecule has 0 heterocycles. The van der Waals surface area contributed by atoms with E-state index in [1.165, 1.54) is 6.92 Å². The summed E-state index contributed by atoms with van der Waals surface area (Å²) in [4.78, 5) is 10.5. The summed E-state index contributed by atoms with van der Waals surface area (Å²) >= 11 is 0. The van der Waals surface area contributed by atoms with E-state index in [4.69, 9.17) is 4.74 Å². The second-order valence-corrected chi connectivity index (χ2v) is 2.20. The molecule has 2 nitrogen and oxygen atoms in total. The van der Waals surface area contributed by atoms with E-state index in [1.54, 1.807) is 6.08 Å². The van der Waals surface area contributed by atoms with Crippen molar-refractivity contribution in [2.75, 3.05) is 0 Å². The van der Waals surface area contributed by atoms with E-state index in [1.807, 2.05) is 19.1 Å². The van der Waals surface area contributed by atoms with Gasteiger partial charge in [-0.3, -0.25) is 4.79 Å². The lowest BCUT2D eigenvalue weighted by Gasteiger charge is -2.09. The van der Waals surface area contributed by atoms with Crippen LogP contribution in [0.2, 0.25) is 0 Å². The van der Waals surface area contributed by atoms with Crippen LogP contribution in [0.5, 0.6) is 0 Å². The zero-order chi connectivity index (χ0) is 8.69. The summed E-state index contributed by atoms with van der Waals surface area (Å²) in [6.07, 6.45) is 5.95. The Balaban J connectivity index is 3.87. The average Bonchev–Trinajstić information content (AvgIpc) is 1.87. The summed E-state index contributed by atoms with van der Waals surface area (Å²) in [7, 11) is 0. The minimum atomic E-state index is -0.255. The Bertz CT molecular complexity index is 159. The number of rotatable bonds is 4. The van der Waals surface area contributed by atoms with Crippen LogP contribution in [0.3, 0.4) is 0 Å².